The molecular weight excluding hydrogens is 284 g/mol. The number of aromatic nitrogens is 2. The van der Waals surface area contributed by atoms with E-state index in [-0.39, 0.29) is 0 Å². The van der Waals surface area contributed by atoms with Crippen molar-refractivity contribution >= 4 is 22.1 Å². The zero-order valence-electron chi connectivity index (χ0n) is 13.5. The fourth-order valence-corrected chi connectivity index (χ4v) is 3.14. The molecule has 0 N–H and O–H groups in total. The zero-order valence-corrected chi connectivity index (χ0v) is 13.5. The third-order valence-electron chi connectivity index (χ3n) is 4.32. The summed E-state index contributed by atoms with van der Waals surface area (Å²) in [6, 6.07) is 12.3. The Kier molecular flexibility index (Phi) is 3.15. The summed E-state index contributed by atoms with van der Waals surface area (Å²) in [4.78, 5) is 8.96. The fourth-order valence-electron chi connectivity index (χ4n) is 3.14. The molecule has 0 aliphatic rings. The Bertz CT molecular complexity index is 1010. The molecule has 1 aromatic carbocycles. The second-order valence-electron chi connectivity index (χ2n) is 6.22. The number of pyridine rings is 2. The molecule has 0 spiro atoms. The highest BCUT2D eigenvalue weighted by molar-refractivity contribution is 6.08. The van der Waals surface area contributed by atoms with Crippen LogP contribution in [0.15, 0.2) is 53.2 Å². The van der Waals surface area contributed by atoms with Gasteiger partial charge in [-0.2, -0.15) is 0 Å². The molecule has 0 bridgehead atoms. The third kappa shape index (κ3) is 2.20. The van der Waals surface area contributed by atoms with Crippen LogP contribution >= 0.6 is 0 Å². The molecule has 0 atom stereocenters. The molecule has 0 saturated carbocycles. The standard InChI is InChI=1S/C20H18N2O/c1-12(2)17-10-18(22-11-13(17)3)16-7-4-6-14-15-8-5-9-21-20(15)23-19(14)16/h4-12H,1-3H3. The molecule has 4 aromatic rings. The van der Waals surface area contributed by atoms with Crippen LogP contribution in [0.3, 0.4) is 0 Å². The summed E-state index contributed by atoms with van der Waals surface area (Å²) in [5, 5.41) is 2.12. The first-order valence-electron chi connectivity index (χ1n) is 7.88. The molecule has 0 aliphatic carbocycles. The van der Waals surface area contributed by atoms with Crippen molar-refractivity contribution < 1.29 is 4.42 Å². The Morgan fingerprint density at radius 1 is 1.00 bits per heavy atom. The smallest absolute Gasteiger partial charge is 0.227 e. The van der Waals surface area contributed by atoms with Crippen LogP contribution in [0.25, 0.3) is 33.3 Å². The van der Waals surface area contributed by atoms with Crippen LogP contribution in [-0.2, 0) is 0 Å². The molecule has 3 heteroatoms. The van der Waals surface area contributed by atoms with Crippen molar-refractivity contribution in [1.82, 2.24) is 9.97 Å². The molecule has 0 radical (unpaired) electrons. The Labute approximate surface area is 135 Å². The number of aryl methyl sites for hydroxylation is 1. The predicted molar refractivity (Wildman–Crippen MR) is 93.6 cm³/mol. The number of hydrogen-bond acceptors (Lipinski definition) is 3. The lowest BCUT2D eigenvalue weighted by molar-refractivity contribution is 0.655. The van der Waals surface area contributed by atoms with Gasteiger partial charge in [-0.15, -0.1) is 0 Å². The summed E-state index contributed by atoms with van der Waals surface area (Å²) < 4.78 is 6.02. The Morgan fingerprint density at radius 3 is 2.65 bits per heavy atom. The van der Waals surface area contributed by atoms with E-state index in [0.29, 0.717) is 11.6 Å². The molecule has 3 nitrogen and oxygen atoms in total. The van der Waals surface area contributed by atoms with E-state index in [1.165, 1.54) is 11.1 Å². The van der Waals surface area contributed by atoms with Crippen LogP contribution < -0.4 is 0 Å². The fraction of sp³-hybridized carbons (Fsp3) is 0.200. The van der Waals surface area contributed by atoms with E-state index in [1.54, 1.807) is 6.20 Å². The van der Waals surface area contributed by atoms with Gasteiger partial charge in [0.05, 0.1) is 5.69 Å². The number of fused-ring (bicyclic) bond motifs is 3. The largest absolute Gasteiger partial charge is 0.437 e. The average molecular weight is 302 g/mol. The van der Waals surface area contributed by atoms with E-state index in [0.717, 1.165) is 27.6 Å². The summed E-state index contributed by atoms with van der Waals surface area (Å²) >= 11 is 0. The van der Waals surface area contributed by atoms with Gasteiger partial charge in [-0.05, 0) is 48.2 Å². The number of rotatable bonds is 2. The lowest BCUT2D eigenvalue weighted by Gasteiger charge is -2.11. The van der Waals surface area contributed by atoms with Crippen molar-refractivity contribution in [2.45, 2.75) is 26.7 Å². The SMILES string of the molecule is Cc1cnc(-c2cccc3c2oc2ncccc23)cc1C(C)C. The van der Waals surface area contributed by atoms with Crippen LogP contribution in [0.5, 0.6) is 0 Å². The van der Waals surface area contributed by atoms with Crippen molar-refractivity contribution in [3.63, 3.8) is 0 Å². The van der Waals surface area contributed by atoms with Gasteiger partial charge in [-0.3, -0.25) is 4.98 Å². The molecule has 0 aliphatic heterocycles. The predicted octanol–water partition coefficient (Wildman–Crippen LogP) is 5.47. The minimum atomic E-state index is 0.466. The van der Waals surface area contributed by atoms with E-state index in [2.05, 4.69) is 55.0 Å². The lowest BCUT2D eigenvalue weighted by atomic mass is 9.97. The van der Waals surface area contributed by atoms with Gasteiger partial charge in [0.2, 0.25) is 5.71 Å². The van der Waals surface area contributed by atoms with Crippen LogP contribution in [0.2, 0.25) is 0 Å². The maximum absolute atomic E-state index is 6.02. The van der Waals surface area contributed by atoms with Crippen LogP contribution in [0, 0.1) is 6.92 Å². The summed E-state index contributed by atoms with van der Waals surface area (Å²) in [6.07, 6.45) is 3.70. The molecule has 3 heterocycles. The van der Waals surface area contributed by atoms with Crippen LogP contribution in [0.1, 0.15) is 30.9 Å². The number of benzene rings is 1. The quantitative estimate of drug-likeness (QED) is 0.492. The number of para-hydroxylation sites is 1. The first kappa shape index (κ1) is 13.9. The topological polar surface area (TPSA) is 38.9 Å². The molecule has 3 aromatic heterocycles. The molecule has 0 unspecified atom stereocenters. The summed E-state index contributed by atoms with van der Waals surface area (Å²) in [7, 11) is 0. The van der Waals surface area contributed by atoms with E-state index in [4.69, 9.17) is 4.42 Å². The summed E-state index contributed by atoms with van der Waals surface area (Å²) in [6.45, 7) is 6.52. The highest BCUT2D eigenvalue weighted by Crippen LogP contribution is 2.35. The number of nitrogens with zero attached hydrogens (tertiary/aromatic N) is 2. The Morgan fingerprint density at radius 2 is 1.83 bits per heavy atom. The molecular formula is C20H18N2O. The van der Waals surface area contributed by atoms with Crippen molar-refractivity contribution in [2.75, 3.05) is 0 Å². The Balaban J connectivity index is 2.01. The molecule has 23 heavy (non-hydrogen) atoms. The lowest BCUT2D eigenvalue weighted by Crippen LogP contribution is -1.95. The number of hydrogen-bond donors (Lipinski definition) is 0. The van der Waals surface area contributed by atoms with Gasteiger partial charge < -0.3 is 4.42 Å². The van der Waals surface area contributed by atoms with Gasteiger partial charge in [-0.1, -0.05) is 26.0 Å². The monoisotopic (exact) mass is 302 g/mol. The molecule has 0 amide bonds. The van der Waals surface area contributed by atoms with E-state index in [9.17, 15) is 0 Å². The van der Waals surface area contributed by atoms with Crippen LogP contribution in [0.4, 0.5) is 0 Å². The summed E-state index contributed by atoms with van der Waals surface area (Å²) in [5.74, 6) is 0.466. The average Bonchev–Trinajstić information content (AvgIpc) is 2.94. The normalized spacial score (nSPS) is 11.7. The minimum absolute atomic E-state index is 0.466. The van der Waals surface area contributed by atoms with E-state index >= 15 is 0 Å². The van der Waals surface area contributed by atoms with Crippen LogP contribution in [-0.4, -0.2) is 9.97 Å². The first-order valence-corrected chi connectivity index (χ1v) is 7.88. The minimum Gasteiger partial charge on any atom is -0.437 e. The third-order valence-corrected chi connectivity index (χ3v) is 4.32. The van der Waals surface area contributed by atoms with Gasteiger partial charge in [0, 0.05) is 28.7 Å². The molecule has 4 rings (SSSR count). The second kappa shape index (κ2) is 5.20. The highest BCUT2D eigenvalue weighted by Gasteiger charge is 2.14. The maximum Gasteiger partial charge on any atom is 0.227 e. The zero-order chi connectivity index (χ0) is 16.0. The molecule has 0 saturated heterocycles. The van der Waals surface area contributed by atoms with Crippen molar-refractivity contribution in [1.29, 1.82) is 0 Å². The van der Waals surface area contributed by atoms with Gasteiger partial charge >= 0.3 is 0 Å². The Hall–Kier alpha value is -2.68. The summed E-state index contributed by atoms with van der Waals surface area (Å²) in [5.41, 5.74) is 6.04. The molecule has 0 fully saturated rings. The van der Waals surface area contributed by atoms with Gasteiger partial charge in [-0.25, -0.2) is 4.98 Å². The first-order chi connectivity index (χ1) is 11.1. The number of furan rings is 1. The van der Waals surface area contributed by atoms with E-state index in [1.807, 2.05) is 18.3 Å². The van der Waals surface area contributed by atoms with Gasteiger partial charge in [0.15, 0.2) is 0 Å². The van der Waals surface area contributed by atoms with Crippen molar-refractivity contribution in [3.8, 4) is 11.3 Å². The van der Waals surface area contributed by atoms with Gasteiger partial charge in [0.1, 0.15) is 5.58 Å². The second-order valence-corrected chi connectivity index (χ2v) is 6.22. The highest BCUT2D eigenvalue weighted by atomic mass is 16.3. The van der Waals surface area contributed by atoms with Crippen molar-refractivity contribution in [2.24, 2.45) is 0 Å². The maximum atomic E-state index is 6.02. The molecule has 114 valence electrons. The van der Waals surface area contributed by atoms with E-state index < -0.39 is 0 Å². The van der Waals surface area contributed by atoms with Crippen molar-refractivity contribution in [3.05, 3.63) is 59.9 Å². The van der Waals surface area contributed by atoms with Gasteiger partial charge in [0.25, 0.3) is 0 Å².